The van der Waals surface area contributed by atoms with Crippen LogP contribution in [0.3, 0.4) is 0 Å². The molecule has 5 unspecified atom stereocenters. The third kappa shape index (κ3) is 1.47. The second-order valence-electron chi connectivity index (χ2n) is 11.1. The summed E-state index contributed by atoms with van der Waals surface area (Å²) in [5.74, 6) is 0.627. The minimum Gasteiger partial charge on any atom is -0.378 e. The van der Waals surface area contributed by atoms with Gasteiger partial charge in [-0.2, -0.15) is 0 Å². The van der Waals surface area contributed by atoms with Crippen LogP contribution < -0.4 is 0 Å². The van der Waals surface area contributed by atoms with Crippen LogP contribution in [0.4, 0.5) is 0 Å². The molecular weight excluding hydrogens is 360 g/mol. The predicted octanol–water partition coefficient (Wildman–Crippen LogP) is 2.39. The molecule has 6 rings (SSSR count). The third-order valence-electron chi connectivity index (χ3n) is 9.75. The molecule has 0 aromatic carbocycles. The lowest BCUT2D eigenvalue weighted by atomic mass is 9.51. The number of hydrogen-bond acceptors (Lipinski definition) is 6. The van der Waals surface area contributed by atoms with Crippen molar-refractivity contribution in [3.05, 3.63) is 0 Å². The van der Waals surface area contributed by atoms with Gasteiger partial charge in [0.25, 0.3) is 0 Å². The molecule has 0 bridgehead atoms. The van der Waals surface area contributed by atoms with E-state index in [0.29, 0.717) is 25.7 Å². The Kier molecular flexibility index (Phi) is 3.40. The molecule has 10 atom stereocenters. The molecule has 4 saturated heterocycles. The molecule has 0 N–H and O–H groups in total. The zero-order valence-electron chi connectivity index (χ0n) is 17.9. The molecule has 2 saturated carbocycles. The van der Waals surface area contributed by atoms with Gasteiger partial charge < -0.3 is 28.4 Å². The standard InChI is InChI=1S/C22H34O6/c1-12-9-25-15-8-19-14-7-13(18(2,3)4)21(19)16(23-5)10-26-17(21)28-20(19,11-27-14)22(12,15)24-6/h12-17H,7-11H2,1-6H3/t12-,13?,14?,15?,16+,17+,19?,20-,21?,22-/m1/s1. The molecule has 4 heterocycles. The first-order valence-corrected chi connectivity index (χ1v) is 10.9. The number of rotatable bonds is 2. The van der Waals surface area contributed by atoms with Gasteiger partial charge in [-0.25, -0.2) is 0 Å². The summed E-state index contributed by atoms with van der Waals surface area (Å²) in [4.78, 5) is 0. The van der Waals surface area contributed by atoms with Gasteiger partial charge in [0, 0.05) is 25.6 Å². The van der Waals surface area contributed by atoms with Gasteiger partial charge in [-0.1, -0.05) is 27.7 Å². The van der Waals surface area contributed by atoms with E-state index in [1.165, 1.54) is 0 Å². The number of hydrogen-bond donors (Lipinski definition) is 0. The van der Waals surface area contributed by atoms with Crippen molar-refractivity contribution in [2.45, 2.75) is 76.3 Å². The van der Waals surface area contributed by atoms with E-state index in [0.717, 1.165) is 12.8 Å². The van der Waals surface area contributed by atoms with E-state index in [2.05, 4.69) is 27.7 Å². The minimum atomic E-state index is -0.540. The molecule has 0 aromatic rings. The van der Waals surface area contributed by atoms with Crippen LogP contribution in [-0.4, -0.2) is 69.8 Å². The van der Waals surface area contributed by atoms with Gasteiger partial charge in [-0.3, -0.25) is 0 Å². The van der Waals surface area contributed by atoms with Crippen molar-refractivity contribution in [1.29, 1.82) is 0 Å². The van der Waals surface area contributed by atoms with Crippen LogP contribution in [0.25, 0.3) is 0 Å². The number of ether oxygens (including phenoxy) is 6. The van der Waals surface area contributed by atoms with Gasteiger partial charge in [0.2, 0.25) is 0 Å². The Labute approximate surface area is 167 Å². The summed E-state index contributed by atoms with van der Waals surface area (Å²) in [6.07, 6.45) is 1.83. The molecule has 6 aliphatic rings. The van der Waals surface area contributed by atoms with Gasteiger partial charge in [0.05, 0.1) is 43.5 Å². The molecular formula is C22H34O6. The first-order valence-electron chi connectivity index (χ1n) is 10.9. The fraction of sp³-hybridized carbons (Fsp3) is 1.00. The highest BCUT2D eigenvalue weighted by Crippen LogP contribution is 2.84. The Morgan fingerprint density at radius 2 is 1.79 bits per heavy atom. The molecule has 2 spiro atoms. The lowest BCUT2D eigenvalue weighted by molar-refractivity contribution is -0.252. The van der Waals surface area contributed by atoms with E-state index in [-0.39, 0.29) is 46.8 Å². The van der Waals surface area contributed by atoms with Gasteiger partial charge in [0.1, 0.15) is 11.2 Å². The van der Waals surface area contributed by atoms with E-state index >= 15 is 0 Å². The molecule has 0 radical (unpaired) electrons. The van der Waals surface area contributed by atoms with Crippen LogP contribution in [0, 0.1) is 28.1 Å². The summed E-state index contributed by atoms with van der Waals surface area (Å²) in [5.41, 5.74) is -1.38. The smallest absolute Gasteiger partial charge is 0.167 e. The summed E-state index contributed by atoms with van der Waals surface area (Å²) >= 11 is 0. The largest absolute Gasteiger partial charge is 0.378 e. The summed E-state index contributed by atoms with van der Waals surface area (Å²) < 4.78 is 38.9. The van der Waals surface area contributed by atoms with E-state index in [1.807, 2.05) is 14.2 Å². The maximum absolute atomic E-state index is 7.04. The van der Waals surface area contributed by atoms with Crippen LogP contribution in [0.5, 0.6) is 0 Å². The second kappa shape index (κ2) is 5.14. The van der Waals surface area contributed by atoms with Crippen molar-refractivity contribution in [2.24, 2.45) is 28.1 Å². The topological polar surface area (TPSA) is 55.4 Å². The van der Waals surface area contributed by atoms with Gasteiger partial charge in [0.15, 0.2) is 6.29 Å². The lowest BCUT2D eigenvalue weighted by Gasteiger charge is -2.50. The van der Waals surface area contributed by atoms with Gasteiger partial charge in [-0.05, 0) is 24.2 Å². The highest BCUT2D eigenvalue weighted by Gasteiger charge is 2.96. The molecule has 6 fully saturated rings. The second-order valence-corrected chi connectivity index (χ2v) is 11.1. The third-order valence-corrected chi connectivity index (χ3v) is 9.75. The van der Waals surface area contributed by atoms with E-state index in [1.54, 1.807) is 0 Å². The van der Waals surface area contributed by atoms with Crippen LogP contribution >= 0.6 is 0 Å². The van der Waals surface area contributed by atoms with Gasteiger partial charge in [-0.15, -0.1) is 0 Å². The molecule has 6 nitrogen and oxygen atoms in total. The van der Waals surface area contributed by atoms with Crippen molar-refractivity contribution < 1.29 is 28.4 Å². The highest BCUT2D eigenvalue weighted by molar-refractivity contribution is 5.41. The van der Waals surface area contributed by atoms with Crippen molar-refractivity contribution in [3.63, 3.8) is 0 Å². The quantitative estimate of drug-likeness (QED) is 0.717. The Morgan fingerprint density at radius 1 is 1.00 bits per heavy atom. The number of fused-ring (bicyclic) bond motifs is 1. The summed E-state index contributed by atoms with van der Waals surface area (Å²) in [7, 11) is 3.65. The SMILES string of the molecule is CO[C@H]1CO[C@H]2O[C@]34COC5CC(C(C)(C)C)C21C53CC1OC[C@@H](C)[C@@]14OC. The zero-order valence-corrected chi connectivity index (χ0v) is 17.9. The highest BCUT2D eigenvalue weighted by atomic mass is 16.7. The molecule has 2 aliphatic carbocycles. The molecule has 6 heteroatoms. The Balaban J connectivity index is 1.64. The van der Waals surface area contributed by atoms with Gasteiger partial charge >= 0.3 is 0 Å². The molecule has 0 aromatic heterocycles. The fourth-order valence-electron chi connectivity index (χ4n) is 9.15. The number of methoxy groups -OCH3 is 2. The van der Waals surface area contributed by atoms with Crippen molar-refractivity contribution in [1.82, 2.24) is 0 Å². The van der Waals surface area contributed by atoms with Crippen molar-refractivity contribution >= 4 is 0 Å². The lowest BCUT2D eigenvalue weighted by Crippen LogP contribution is -2.65. The molecule has 0 amide bonds. The zero-order chi connectivity index (χ0) is 19.7. The van der Waals surface area contributed by atoms with E-state index in [9.17, 15) is 0 Å². The average molecular weight is 395 g/mol. The van der Waals surface area contributed by atoms with E-state index < -0.39 is 11.2 Å². The van der Waals surface area contributed by atoms with Crippen molar-refractivity contribution in [3.8, 4) is 0 Å². The maximum Gasteiger partial charge on any atom is 0.167 e. The van der Waals surface area contributed by atoms with Crippen LogP contribution in [0.2, 0.25) is 0 Å². The summed E-state index contributed by atoms with van der Waals surface area (Å²) in [6.45, 7) is 11.1. The van der Waals surface area contributed by atoms with Crippen molar-refractivity contribution in [2.75, 3.05) is 34.0 Å². The Bertz CT molecular complexity index is 706. The minimum absolute atomic E-state index is 0.00154. The Morgan fingerprint density at radius 3 is 2.46 bits per heavy atom. The predicted molar refractivity (Wildman–Crippen MR) is 99.8 cm³/mol. The van der Waals surface area contributed by atoms with Crippen LogP contribution in [0.15, 0.2) is 0 Å². The molecule has 4 aliphatic heterocycles. The normalized spacial score (nSPS) is 61.5. The molecule has 158 valence electrons. The first kappa shape index (κ1) is 18.5. The fourth-order valence-corrected chi connectivity index (χ4v) is 9.15. The van der Waals surface area contributed by atoms with E-state index in [4.69, 9.17) is 28.4 Å². The van der Waals surface area contributed by atoms with Crippen LogP contribution in [-0.2, 0) is 28.4 Å². The first-order chi connectivity index (χ1) is 13.3. The summed E-state index contributed by atoms with van der Waals surface area (Å²) in [5, 5.41) is 0. The molecule has 28 heavy (non-hydrogen) atoms. The Hall–Kier alpha value is -0.240. The average Bonchev–Trinajstić information content (AvgIpc) is 3.37. The summed E-state index contributed by atoms with van der Waals surface area (Å²) in [6, 6.07) is 0. The monoisotopic (exact) mass is 394 g/mol. The maximum atomic E-state index is 7.04. The van der Waals surface area contributed by atoms with Crippen LogP contribution in [0.1, 0.15) is 40.5 Å².